The Balaban J connectivity index is 2.45. The van der Waals surface area contributed by atoms with Crippen LogP contribution >= 0.6 is 31.9 Å². The normalized spacial score (nSPS) is 14.1. The first-order valence-electron chi connectivity index (χ1n) is 8.31. The molecular weight excluding hydrogens is 550 g/mol. The molecule has 0 spiro atoms. The molecule has 0 radical (unpaired) electrons. The van der Waals surface area contributed by atoms with Gasteiger partial charge in [0.15, 0.2) is 0 Å². The van der Waals surface area contributed by atoms with Gasteiger partial charge in [0, 0.05) is 21.8 Å². The van der Waals surface area contributed by atoms with Crippen LogP contribution in [-0.2, 0) is 4.79 Å². The van der Waals surface area contributed by atoms with Crippen LogP contribution in [0, 0.1) is 0 Å². The summed E-state index contributed by atoms with van der Waals surface area (Å²) in [5, 5.41) is -0.147. The van der Waals surface area contributed by atoms with E-state index in [1.807, 2.05) is 0 Å². The van der Waals surface area contributed by atoms with E-state index in [9.17, 15) is 31.1 Å². The molecule has 0 aliphatic rings. The lowest BCUT2D eigenvalue weighted by Gasteiger charge is -2.24. The van der Waals surface area contributed by atoms with E-state index in [0.717, 1.165) is 12.1 Å². The minimum atomic E-state index is -4.97. The molecule has 0 fully saturated rings. The molecule has 3 nitrogen and oxygen atoms in total. The number of hydrogen-bond donors (Lipinski definition) is 0. The molecule has 0 saturated carbocycles. The molecule has 11 heteroatoms. The van der Waals surface area contributed by atoms with Gasteiger partial charge in [-0.1, -0.05) is 68.3 Å². The van der Waals surface area contributed by atoms with E-state index in [1.54, 1.807) is 0 Å². The molecule has 2 aromatic carbocycles. The van der Waals surface area contributed by atoms with Crippen LogP contribution < -0.4 is 9.47 Å². The highest BCUT2D eigenvalue weighted by Gasteiger charge is 2.37. The molecule has 30 heavy (non-hydrogen) atoms. The van der Waals surface area contributed by atoms with Crippen molar-refractivity contribution in [1.29, 1.82) is 0 Å². The van der Waals surface area contributed by atoms with Gasteiger partial charge < -0.3 is 9.47 Å². The monoisotopic (exact) mass is 562 g/mol. The molecular formula is C19H14Br2F6O3. The standard InChI is InChI=1S/C19H14Br2F6O3/c20-9-13(11-5-1-3-7-15(11)29-18(22,23)24)17(28)14(10-21)12-6-2-4-8-16(12)30-19(25,26)27/h1-8,13-14H,9-10H2. The number of rotatable bonds is 8. The van der Waals surface area contributed by atoms with Gasteiger partial charge in [-0.15, -0.1) is 26.3 Å². The summed E-state index contributed by atoms with van der Waals surface area (Å²) in [7, 11) is 0. The van der Waals surface area contributed by atoms with Crippen LogP contribution in [0.4, 0.5) is 26.3 Å². The zero-order chi connectivity index (χ0) is 22.5. The molecule has 0 bridgehead atoms. The van der Waals surface area contributed by atoms with E-state index in [2.05, 4.69) is 41.3 Å². The van der Waals surface area contributed by atoms with E-state index in [-0.39, 0.29) is 21.8 Å². The molecule has 0 heterocycles. The third-order valence-electron chi connectivity index (χ3n) is 4.04. The van der Waals surface area contributed by atoms with Gasteiger partial charge in [-0.3, -0.25) is 4.79 Å². The molecule has 164 valence electrons. The Morgan fingerprint density at radius 3 is 1.37 bits per heavy atom. The highest BCUT2D eigenvalue weighted by molar-refractivity contribution is 9.09. The lowest BCUT2D eigenvalue weighted by Crippen LogP contribution is -2.26. The van der Waals surface area contributed by atoms with E-state index in [1.165, 1.54) is 36.4 Å². The van der Waals surface area contributed by atoms with Crippen LogP contribution in [0.25, 0.3) is 0 Å². The van der Waals surface area contributed by atoms with Crippen LogP contribution in [0.1, 0.15) is 23.0 Å². The summed E-state index contributed by atoms with van der Waals surface area (Å²) >= 11 is 6.24. The van der Waals surface area contributed by atoms with Crippen molar-refractivity contribution in [3.63, 3.8) is 0 Å². The van der Waals surface area contributed by atoms with Crippen molar-refractivity contribution in [2.45, 2.75) is 24.6 Å². The van der Waals surface area contributed by atoms with Crippen molar-refractivity contribution in [2.24, 2.45) is 0 Å². The maximum atomic E-state index is 13.2. The van der Waals surface area contributed by atoms with E-state index < -0.39 is 41.8 Å². The summed E-state index contributed by atoms with van der Waals surface area (Å²) in [6, 6.07) is 10.2. The molecule has 2 unspecified atom stereocenters. The maximum absolute atomic E-state index is 13.2. The van der Waals surface area contributed by atoms with Gasteiger partial charge in [0.2, 0.25) is 0 Å². The molecule has 2 rings (SSSR count). The molecule has 0 aliphatic heterocycles. The minimum absolute atomic E-state index is 0.0446. The Morgan fingerprint density at radius 2 is 1.07 bits per heavy atom. The summed E-state index contributed by atoms with van der Waals surface area (Å²) in [6.45, 7) is 0. The van der Waals surface area contributed by atoms with Crippen molar-refractivity contribution in [2.75, 3.05) is 10.7 Å². The largest absolute Gasteiger partial charge is 0.573 e. The number of benzene rings is 2. The molecule has 2 atom stereocenters. The zero-order valence-electron chi connectivity index (χ0n) is 14.9. The Bertz CT molecular complexity index is 800. The van der Waals surface area contributed by atoms with Crippen molar-refractivity contribution in [3.8, 4) is 11.5 Å². The van der Waals surface area contributed by atoms with E-state index >= 15 is 0 Å². The Morgan fingerprint density at radius 1 is 0.733 bits per heavy atom. The van der Waals surface area contributed by atoms with Crippen molar-refractivity contribution in [1.82, 2.24) is 0 Å². The van der Waals surface area contributed by atoms with Crippen molar-refractivity contribution in [3.05, 3.63) is 59.7 Å². The smallest absolute Gasteiger partial charge is 0.405 e. The van der Waals surface area contributed by atoms with Gasteiger partial charge in [0.1, 0.15) is 17.3 Å². The third kappa shape index (κ3) is 6.63. The fourth-order valence-electron chi connectivity index (χ4n) is 2.84. The quantitative estimate of drug-likeness (QED) is 0.264. The maximum Gasteiger partial charge on any atom is 0.573 e. The fraction of sp³-hybridized carbons (Fsp3) is 0.316. The first-order valence-corrected chi connectivity index (χ1v) is 10.6. The average molecular weight is 564 g/mol. The fourth-order valence-corrected chi connectivity index (χ4v) is 4.18. The first-order chi connectivity index (χ1) is 14.0. The molecule has 0 saturated heterocycles. The second-order valence-electron chi connectivity index (χ2n) is 5.99. The second-order valence-corrected chi connectivity index (χ2v) is 7.28. The number of halogens is 8. The van der Waals surface area contributed by atoms with Gasteiger partial charge in [-0.25, -0.2) is 0 Å². The second kappa shape index (κ2) is 10.0. The number of carbonyl (C=O) groups excluding carboxylic acids is 1. The topological polar surface area (TPSA) is 35.5 Å². The van der Waals surface area contributed by atoms with Crippen LogP contribution in [0.2, 0.25) is 0 Å². The number of hydrogen-bond acceptors (Lipinski definition) is 3. The van der Waals surface area contributed by atoms with Gasteiger partial charge in [0.05, 0.1) is 11.8 Å². The zero-order valence-corrected chi connectivity index (χ0v) is 18.1. The summed E-state index contributed by atoms with van der Waals surface area (Å²) in [6.07, 6.45) is -9.95. The predicted octanol–water partition coefficient (Wildman–Crippen LogP) is 6.71. The summed E-state index contributed by atoms with van der Waals surface area (Å²) in [5.74, 6) is -3.97. The van der Waals surface area contributed by atoms with Gasteiger partial charge >= 0.3 is 12.7 Å². The predicted molar refractivity (Wildman–Crippen MR) is 104 cm³/mol. The molecule has 0 N–H and O–H groups in total. The first kappa shape index (κ1) is 24.5. The molecule has 2 aromatic rings. The Labute approximate surface area is 184 Å². The molecule has 0 aromatic heterocycles. The highest BCUT2D eigenvalue weighted by Crippen LogP contribution is 2.39. The van der Waals surface area contributed by atoms with Crippen LogP contribution in [0.15, 0.2) is 48.5 Å². The van der Waals surface area contributed by atoms with Gasteiger partial charge in [-0.05, 0) is 12.1 Å². The summed E-state index contributed by atoms with van der Waals surface area (Å²) in [4.78, 5) is 13.2. The van der Waals surface area contributed by atoms with E-state index in [0.29, 0.717) is 0 Å². The van der Waals surface area contributed by atoms with Crippen LogP contribution in [-0.4, -0.2) is 29.2 Å². The highest BCUT2D eigenvalue weighted by atomic mass is 79.9. The van der Waals surface area contributed by atoms with Crippen LogP contribution in [0.3, 0.4) is 0 Å². The Hall–Kier alpha value is -1.75. The number of carbonyl (C=O) groups is 1. The van der Waals surface area contributed by atoms with Gasteiger partial charge in [0.25, 0.3) is 0 Å². The third-order valence-corrected chi connectivity index (χ3v) is 5.33. The van der Waals surface area contributed by atoms with Crippen molar-refractivity contribution >= 4 is 37.6 Å². The lowest BCUT2D eigenvalue weighted by molar-refractivity contribution is -0.275. The van der Waals surface area contributed by atoms with E-state index in [4.69, 9.17) is 0 Å². The molecule has 0 amide bonds. The number of ether oxygens (including phenoxy) is 2. The number of Topliss-reactive ketones (excluding diaryl/α,β-unsaturated/α-hetero) is 1. The van der Waals surface area contributed by atoms with Crippen LogP contribution in [0.5, 0.6) is 11.5 Å². The average Bonchev–Trinajstić information content (AvgIpc) is 2.63. The number of alkyl halides is 8. The minimum Gasteiger partial charge on any atom is -0.405 e. The van der Waals surface area contributed by atoms with Gasteiger partial charge in [-0.2, -0.15) is 0 Å². The Kier molecular flexibility index (Phi) is 8.20. The molecule has 0 aliphatic carbocycles. The SMILES string of the molecule is O=C(C(CBr)c1ccccc1OC(F)(F)F)C(CBr)c1ccccc1OC(F)(F)F. The van der Waals surface area contributed by atoms with Crippen molar-refractivity contribution < 1.29 is 40.6 Å². The summed E-state index contributed by atoms with van der Waals surface area (Å²) in [5.41, 5.74) is -0.0891. The number of para-hydroxylation sites is 2. The lowest BCUT2D eigenvalue weighted by atomic mass is 9.85. The number of ketones is 1. The summed E-state index contributed by atoms with van der Waals surface area (Å²) < 4.78 is 84.5.